The van der Waals surface area contributed by atoms with Gasteiger partial charge in [0.15, 0.2) is 0 Å². The summed E-state index contributed by atoms with van der Waals surface area (Å²) in [6.07, 6.45) is 3.34. The van der Waals surface area contributed by atoms with Gasteiger partial charge >= 0.3 is 0 Å². The zero-order valence-electron chi connectivity index (χ0n) is 6.80. The molecule has 0 unspecified atom stereocenters. The number of nitrogens with one attached hydrogen (secondary N) is 1. The molecule has 4 heteroatoms. The van der Waals surface area contributed by atoms with E-state index < -0.39 is 11.3 Å². The average Bonchev–Trinajstić information content (AvgIpc) is 2.83. The van der Waals surface area contributed by atoms with Crippen molar-refractivity contribution in [3.05, 3.63) is 0 Å². The summed E-state index contributed by atoms with van der Waals surface area (Å²) in [5.74, 6) is -0.627. The van der Waals surface area contributed by atoms with Gasteiger partial charge in [0.05, 0.1) is 0 Å². The van der Waals surface area contributed by atoms with Crippen molar-refractivity contribution in [1.29, 1.82) is 0 Å². The molecule has 0 aromatic rings. The first kappa shape index (κ1) is 7.58. The average molecular weight is 168 g/mol. The Kier molecular flexibility index (Phi) is 1.40. The molecule has 0 atom stereocenters. The van der Waals surface area contributed by atoms with Crippen molar-refractivity contribution < 1.29 is 9.59 Å². The molecule has 4 nitrogen and oxygen atoms in total. The summed E-state index contributed by atoms with van der Waals surface area (Å²) in [7, 11) is 0. The molecule has 0 aromatic carbocycles. The summed E-state index contributed by atoms with van der Waals surface area (Å²) in [4.78, 5) is 22.3. The molecular formula is C8H12N2O2. The molecule has 2 amide bonds. The van der Waals surface area contributed by atoms with E-state index >= 15 is 0 Å². The molecular weight excluding hydrogens is 156 g/mol. The summed E-state index contributed by atoms with van der Waals surface area (Å²) in [6.45, 7) is 0. The van der Waals surface area contributed by atoms with E-state index in [0.29, 0.717) is 18.9 Å². The lowest BCUT2D eigenvalue weighted by Gasteiger charge is -2.10. The van der Waals surface area contributed by atoms with Crippen molar-refractivity contribution in [3.8, 4) is 0 Å². The second-order valence-electron chi connectivity index (χ2n) is 3.69. The summed E-state index contributed by atoms with van der Waals surface area (Å²) in [5, 5.41) is 2.80. The molecule has 2 saturated carbocycles. The SMILES string of the molecule is NC(=O)C1(C(=O)NC2CC2)CC1. The van der Waals surface area contributed by atoms with Crippen LogP contribution in [0.2, 0.25) is 0 Å². The van der Waals surface area contributed by atoms with Gasteiger partial charge in [-0.25, -0.2) is 0 Å². The van der Waals surface area contributed by atoms with Crippen LogP contribution in [0.15, 0.2) is 0 Å². The molecule has 2 aliphatic rings. The Labute approximate surface area is 70.5 Å². The molecule has 0 aromatic heterocycles. The first-order valence-corrected chi connectivity index (χ1v) is 4.26. The molecule has 0 aliphatic heterocycles. The molecule has 66 valence electrons. The van der Waals surface area contributed by atoms with Gasteiger partial charge in [0.2, 0.25) is 11.8 Å². The maximum atomic E-state index is 11.4. The van der Waals surface area contributed by atoms with Crippen molar-refractivity contribution in [1.82, 2.24) is 5.32 Å². The quantitative estimate of drug-likeness (QED) is 0.559. The summed E-state index contributed by atoms with van der Waals surface area (Å²) in [6, 6.07) is 0.314. The summed E-state index contributed by atoms with van der Waals surface area (Å²) < 4.78 is 0. The van der Waals surface area contributed by atoms with Gasteiger partial charge < -0.3 is 11.1 Å². The van der Waals surface area contributed by atoms with Crippen LogP contribution in [0.3, 0.4) is 0 Å². The molecule has 12 heavy (non-hydrogen) atoms. The van der Waals surface area contributed by atoms with E-state index in [9.17, 15) is 9.59 Å². The molecule has 3 N–H and O–H groups in total. The molecule has 0 spiro atoms. The molecule has 2 aliphatic carbocycles. The first-order chi connectivity index (χ1) is 5.65. The third-order valence-electron chi connectivity index (χ3n) is 2.57. The number of hydrogen-bond acceptors (Lipinski definition) is 2. The van der Waals surface area contributed by atoms with Crippen molar-refractivity contribution in [2.75, 3.05) is 0 Å². The first-order valence-electron chi connectivity index (χ1n) is 4.26. The molecule has 0 saturated heterocycles. The lowest BCUT2D eigenvalue weighted by Crippen LogP contribution is -2.41. The van der Waals surface area contributed by atoms with Gasteiger partial charge in [0.1, 0.15) is 5.41 Å². The standard InChI is InChI=1S/C8H12N2O2/c9-6(11)8(3-4-8)7(12)10-5-1-2-5/h5H,1-4H2,(H2,9,11)(H,10,12). The minimum absolute atomic E-state index is 0.155. The Morgan fingerprint density at radius 3 is 2.25 bits per heavy atom. The third kappa shape index (κ3) is 1.07. The van der Waals surface area contributed by atoms with Crippen LogP contribution in [-0.4, -0.2) is 17.9 Å². The van der Waals surface area contributed by atoms with Crippen molar-refractivity contribution in [2.45, 2.75) is 31.7 Å². The van der Waals surface area contributed by atoms with Crippen LogP contribution in [-0.2, 0) is 9.59 Å². The molecule has 0 radical (unpaired) electrons. The third-order valence-corrected chi connectivity index (χ3v) is 2.57. The van der Waals surface area contributed by atoms with Crippen LogP contribution in [0, 0.1) is 5.41 Å². The van der Waals surface area contributed by atoms with Crippen molar-refractivity contribution >= 4 is 11.8 Å². The Morgan fingerprint density at radius 1 is 1.33 bits per heavy atom. The van der Waals surface area contributed by atoms with Crippen LogP contribution >= 0.6 is 0 Å². The Morgan fingerprint density at radius 2 is 1.92 bits per heavy atom. The number of nitrogens with two attached hydrogens (primary N) is 1. The van der Waals surface area contributed by atoms with E-state index in [1.807, 2.05) is 0 Å². The minimum atomic E-state index is -0.831. The van der Waals surface area contributed by atoms with Crippen LogP contribution < -0.4 is 11.1 Å². The van der Waals surface area contributed by atoms with E-state index in [1.54, 1.807) is 0 Å². The smallest absolute Gasteiger partial charge is 0.235 e. The van der Waals surface area contributed by atoms with Gasteiger partial charge in [-0.15, -0.1) is 0 Å². The second-order valence-corrected chi connectivity index (χ2v) is 3.69. The van der Waals surface area contributed by atoms with Crippen LogP contribution in [0.4, 0.5) is 0 Å². The molecule has 0 heterocycles. The Hall–Kier alpha value is -1.06. The van der Waals surface area contributed by atoms with E-state index in [-0.39, 0.29) is 5.91 Å². The summed E-state index contributed by atoms with van der Waals surface area (Å²) >= 11 is 0. The maximum absolute atomic E-state index is 11.4. The van der Waals surface area contributed by atoms with E-state index in [0.717, 1.165) is 12.8 Å². The van der Waals surface area contributed by atoms with Crippen LogP contribution in [0.25, 0.3) is 0 Å². The largest absolute Gasteiger partial charge is 0.369 e. The maximum Gasteiger partial charge on any atom is 0.235 e. The molecule has 2 rings (SSSR count). The fourth-order valence-electron chi connectivity index (χ4n) is 1.26. The second kappa shape index (κ2) is 2.21. The highest BCUT2D eigenvalue weighted by molar-refractivity contribution is 6.07. The Balaban J connectivity index is 1.97. The fourth-order valence-corrected chi connectivity index (χ4v) is 1.26. The topological polar surface area (TPSA) is 72.2 Å². The minimum Gasteiger partial charge on any atom is -0.369 e. The normalized spacial score (nSPS) is 24.7. The van der Waals surface area contributed by atoms with E-state index in [1.165, 1.54) is 0 Å². The highest BCUT2D eigenvalue weighted by Gasteiger charge is 2.56. The lowest BCUT2D eigenvalue weighted by molar-refractivity contribution is -0.135. The van der Waals surface area contributed by atoms with Gasteiger partial charge in [-0.2, -0.15) is 0 Å². The zero-order chi connectivity index (χ0) is 8.77. The van der Waals surface area contributed by atoms with Gasteiger partial charge in [-0.1, -0.05) is 0 Å². The molecule has 2 fully saturated rings. The van der Waals surface area contributed by atoms with E-state index in [4.69, 9.17) is 5.73 Å². The number of carbonyl (C=O) groups is 2. The zero-order valence-corrected chi connectivity index (χ0v) is 6.80. The van der Waals surface area contributed by atoms with Crippen molar-refractivity contribution in [3.63, 3.8) is 0 Å². The monoisotopic (exact) mass is 168 g/mol. The number of rotatable bonds is 3. The highest BCUT2D eigenvalue weighted by Crippen LogP contribution is 2.46. The number of primary amides is 1. The summed E-state index contributed by atoms with van der Waals surface area (Å²) in [5.41, 5.74) is 4.30. The molecule has 0 bridgehead atoms. The van der Waals surface area contributed by atoms with Gasteiger partial charge in [-0.05, 0) is 25.7 Å². The fraction of sp³-hybridized carbons (Fsp3) is 0.750. The lowest BCUT2D eigenvalue weighted by atomic mass is 10.1. The van der Waals surface area contributed by atoms with Crippen LogP contribution in [0.1, 0.15) is 25.7 Å². The Bertz CT molecular complexity index is 241. The van der Waals surface area contributed by atoms with E-state index in [2.05, 4.69) is 5.32 Å². The predicted octanol–water partition coefficient (Wildman–Crippen LogP) is -0.470. The predicted molar refractivity (Wildman–Crippen MR) is 42.0 cm³/mol. The van der Waals surface area contributed by atoms with Gasteiger partial charge in [0, 0.05) is 6.04 Å². The number of carbonyl (C=O) groups excluding carboxylic acids is 2. The van der Waals surface area contributed by atoms with Gasteiger partial charge in [0.25, 0.3) is 0 Å². The number of amides is 2. The number of hydrogen-bond donors (Lipinski definition) is 2. The highest BCUT2D eigenvalue weighted by atomic mass is 16.2. The van der Waals surface area contributed by atoms with Gasteiger partial charge in [-0.3, -0.25) is 9.59 Å². The van der Waals surface area contributed by atoms with Crippen molar-refractivity contribution in [2.24, 2.45) is 11.1 Å². The van der Waals surface area contributed by atoms with Crippen LogP contribution in [0.5, 0.6) is 0 Å².